The van der Waals surface area contributed by atoms with Crippen LogP contribution >= 0.6 is 0 Å². The fourth-order valence-electron chi connectivity index (χ4n) is 2.76. The van der Waals surface area contributed by atoms with Crippen molar-refractivity contribution < 1.29 is 9.90 Å². The van der Waals surface area contributed by atoms with Crippen molar-refractivity contribution in [3.05, 3.63) is 11.4 Å². The normalized spacial score (nSPS) is 23.4. The molecule has 2 unspecified atom stereocenters. The number of nitrogens with zero attached hydrogens (tertiary/aromatic N) is 2. The molecule has 0 aromatic carbocycles. The van der Waals surface area contributed by atoms with E-state index in [1.54, 1.807) is 11.6 Å². The number of aliphatic hydroxyl groups is 1. The predicted molar refractivity (Wildman–Crippen MR) is 77.4 cm³/mol. The van der Waals surface area contributed by atoms with Crippen molar-refractivity contribution in [1.29, 1.82) is 0 Å². The summed E-state index contributed by atoms with van der Waals surface area (Å²) in [6, 6.07) is -0.190. The van der Waals surface area contributed by atoms with Crippen LogP contribution in [0.4, 0.5) is 5.69 Å². The molecule has 1 aliphatic rings. The van der Waals surface area contributed by atoms with Crippen molar-refractivity contribution in [3.63, 3.8) is 0 Å². The van der Waals surface area contributed by atoms with E-state index in [9.17, 15) is 9.90 Å². The van der Waals surface area contributed by atoms with Gasteiger partial charge in [0.05, 0.1) is 23.5 Å². The van der Waals surface area contributed by atoms with Crippen molar-refractivity contribution in [2.24, 2.45) is 0 Å². The second-order valence-corrected chi connectivity index (χ2v) is 5.45. The average molecular weight is 280 g/mol. The lowest BCUT2D eigenvalue weighted by molar-refractivity contribution is 0.0810. The number of aryl methyl sites for hydroxylation is 2. The van der Waals surface area contributed by atoms with E-state index < -0.39 is 6.10 Å². The van der Waals surface area contributed by atoms with Crippen LogP contribution in [-0.2, 0) is 6.54 Å². The van der Waals surface area contributed by atoms with E-state index in [-0.39, 0.29) is 11.9 Å². The highest BCUT2D eigenvalue weighted by molar-refractivity contribution is 5.98. The molecular weight excluding hydrogens is 256 g/mol. The van der Waals surface area contributed by atoms with Gasteiger partial charge in [0, 0.05) is 6.54 Å². The Morgan fingerprint density at radius 1 is 1.45 bits per heavy atom. The van der Waals surface area contributed by atoms with Gasteiger partial charge in [-0.3, -0.25) is 9.48 Å². The molecule has 0 radical (unpaired) electrons. The van der Waals surface area contributed by atoms with Crippen LogP contribution in [0.2, 0.25) is 0 Å². The Bertz CT molecular complexity index is 484. The van der Waals surface area contributed by atoms with Crippen LogP contribution in [0.3, 0.4) is 0 Å². The van der Waals surface area contributed by atoms with Gasteiger partial charge in [-0.2, -0.15) is 5.10 Å². The lowest BCUT2D eigenvalue weighted by Crippen LogP contribution is -2.43. The second kappa shape index (κ2) is 6.26. The highest BCUT2D eigenvalue weighted by Crippen LogP contribution is 2.20. The van der Waals surface area contributed by atoms with Crippen molar-refractivity contribution in [2.75, 3.05) is 5.73 Å². The first kappa shape index (κ1) is 14.8. The van der Waals surface area contributed by atoms with Gasteiger partial charge in [0.2, 0.25) is 0 Å². The van der Waals surface area contributed by atoms with Crippen molar-refractivity contribution in [3.8, 4) is 0 Å². The third-order valence-electron chi connectivity index (χ3n) is 3.98. The Morgan fingerprint density at radius 3 is 2.85 bits per heavy atom. The molecule has 0 saturated heterocycles. The van der Waals surface area contributed by atoms with Crippen LogP contribution < -0.4 is 11.1 Å². The Kier molecular flexibility index (Phi) is 4.65. The predicted octanol–water partition coefficient (Wildman–Crippen LogP) is 1.22. The molecule has 2 rings (SSSR count). The highest BCUT2D eigenvalue weighted by Gasteiger charge is 2.26. The largest absolute Gasteiger partial charge is 0.395 e. The SMILES string of the molecule is CCn1nc(C)c(N)c1C(=O)NC1CCCCCC1O. The molecule has 1 amide bonds. The topological polar surface area (TPSA) is 93.2 Å². The first-order chi connectivity index (χ1) is 9.54. The zero-order valence-electron chi connectivity index (χ0n) is 12.2. The second-order valence-electron chi connectivity index (χ2n) is 5.45. The number of rotatable bonds is 3. The summed E-state index contributed by atoms with van der Waals surface area (Å²) in [6.45, 7) is 4.30. The minimum Gasteiger partial charge on any atom is -0.395 e. The Balaban J connectivity index is 2.15. The summed E-state index contributed by atoms with van der Waals surface area (Å²) in [5.74, 6) is -0.240. The Hall–Kier alpha value is -1.56. The number of hydrogen-bond donors (Lipinski definition) is 3. The molecule has 0 spiro atoms. The summed E-state index contributed by atoms with van der Waals surface area (Å²) in [5, 5.41) is 17.3. The van der Waals surface area contributed by atoms with E-state index in [0.29, 0.717) is 23.6 Å². The van der Waals surface area contributed by atoms with E-state index in [0.717, 1.165) is 32.1 Å². The maximum atomic E-state index is 12.4. The molecule has 1 heterocycles. The number of carbonyl (C=O) groups excluding carboxylic acids is 1. The fourth-order valence-corrected chi connectivity index (χ4v) is 2.76. The van der Waals surface area contributed by atoms with Gasteiger partial charge in [0.25, 0.3) is 5.91 Å². The van der Waals surface area contributed by atoms with Crippen LogP contribution in [0.5, 0.6) is 0 Å². The molecule has 0 bridgehead atoms. The van der Waals surface area contributed by atoms with Crippen LogP contribution in [-0.4, -0.2) is 32.9 Å². The van der Waals surface area contributed by atoms with E-state index in [1.165, 1.54) is 0 Å². The molecule has 1 fully saturated rings. The quantitative estimate of drug-likeness (QED) is 0.726. The summed E-state index contributed by atoms with van der Waals surface area (Å²) in [4.78, 5) is 12.4. The minimum absolute atomic E-state index is 0.190. The van der Waals surface area contributed by atoms with Crippen LogP contribution in [0, 0.1) is 6.92 Å². The molecule has 112 valence electrons. The molecule has 2 atom stereocenters. The van der Waals surface area contributed by atoms with Gasteiger partial charge in [-0.25, -0.2) is 0 Å². The average Bonchev–Trinajstić information content (AvgIpc) is 2.58. The number of nitrogens with two attached hydrogens (primary N) is 1. The lowest BCUT2D eigenvalue weighted by Gasteiger charge is -2.22. The number of anilines is 1. The number of nitrogens with one attached hydrogen (secondary N) is 1. The molecule has 1 aromatic heterocycles. The van der Waals surface area contributed by atoms with Gasteiger partial charge >= 0.3 is 0 Å². The first-order valence-corrected chi connectivity index (χ1v) is 7.36. The smallest absolute Gasteiger partial charge is 0.272 e. The summed E-state index contributed by atoms with van der Waals surface area (Å²) in [6.07, 6.45) is 4.24. The molecule has 0 aliphatic heterocycles. The maximum Gasteiger partial charge on any atom is 0.272 e. The van der Waals surface area contributed by atoms with Crippen LogP contribution in [0.15, 0.2) is 0 Å². The van der Waals surface area contributed by atoms with Crippen molar-refractivity contribution in [1.82, 2.24) is 15.1 Å². The number of amides is 1. The Morgan fingerprint density at radius 2 is 2.15 bits per heavy atom. The summed E-state index contributed by atoms with van der Waals surface area (Å²) >= 11 is 0. The fraction of sp³-hybridized carbons (Fsp3) is 0.714. The van der Waals surface area contributed by atoms with E-state index in [4.69, 9.17) is 5.73 Å². The Labute approximate surface area is 119 Å². The lowest BCUT2D eigenvalue weighted by atomic mass is 10.1. The van der Waals surface area contributed by atoms with Gasteiger partial charge in [0.15, 0.2) is 0 Å². The number of aliphatic hydroxyl groups excluding tert-OH is 1. The summed E-state index contributed by atoms with van der Waals surface area (Å²) < 4.78 is 1.61. The van der Waals surface area contributed by atoms with Gasteiger partial charge in [-0.1, -0.05) is 19.3 Å². The van der Waals surface area contributed by atoms with Crippen molar-refractivity contribution >= 4 is 11.6 Å². The molecule has 4 N–H and O–H groups in total. The number of carbonyl (C=O) groups is 1. The van der Waals surface area contributed by atoms with E-state index in [2.05, 4.69) is 10.4 Å². The third kappa shape index (κ3) is 2.95. The molecule has 20 heavy (non-hydrogen) atoms. The molecule has 6 nitrogen and oxygen atoms in total. The minimum atomic E-state index is -0.471. The zero-order valence-corrected chi connectivity index (χ0v) is 12.2. The monoisotopic (exact) mass is 280 g/mol. The maximum absolute atomic E-state index is 12.4. The molecular formula is C14H24N4O2. The number of hydrogen-bond acceptors (Lipinski definition) is 4. The number of aromatic nitrogens is 2. The van der Waals surface area contributed by atoms with Gasteiger partial charge in [0.1, 0.15) is 5.69 Å². The van der Waals surface area contributed by atoms with Gasteiger partial charge in [-0.15, -0.1) is 0 Å². The summed E-state index contributed by atoms with van der Waals surface area (Å²) in [7, 11) is 0. The van der Waals surface area contributed by atoms with Crippen LogP contribution in [0.25, 0.3) is 0 Å². The van der Waals surface area contributed by atoms with E-state index >= 15 is 0 Å². The number of nitrogen functional groups attached to an aromatic ring is 1. The first-order valence-electron chi connectivity index (χ1n) is 7.36. The van der Waals surface area contributed by atoms with Gasteiger partial charge < -0.3 is 16.2 Å². The molecule has 1 aromatic rings. The molecule has 1 aliphatic carbocycles. The molecule has 1 saturated carbocycles. The standard InChI is InChI=1S/C14H24N4O2/c1-3-18-13(12(15)9(2)17-18)14(20)16-10-7-5-4-6-8-11(10)19/h10-11,19H,3-8,15H2,1-2H3,(H,16,20). The van der Waals surface area contributed by atoms with Crippen molar-refractivity contribution in [2.45, 2.75) is 64.6 Å². The highest BCUT2D eigenvalue weighted by atomic mass is 16.3. The van der Waals surface area contributed by atoms with Crippen LogP contribution in [0.1, 0.15) is 55.2 Å². The summed E-state index contributed by atoms with van der Waals surface area (Å²) in [5.41, 5.74) is 7.44. The third-order valence-corrected chi connectivity index (χ3v) is 3.98. The molecule has 6 heteroatoms. The van der Waals surface area contributed by atoms with E-state index in [1.807, 2.05) is 6.92 Å². The van der Waals surface area contributed by atoms with Gasteiger partial charge in [-0.05, 0) is 26.7 Å². The zero-order chi connectivity index (χ0) is 14.7.